The van der Waals surface area contributed by atoms with Crippen LogP contribution in [0.2, 0.25) is 0 Å². The summed E-state index contributed by atoms with van der Waals surface area (Å²) >= 11 is 0. The van der Waals surface area contributed by atoms with Crippen molar-refractivity contribution in [1.82, 2.24) is 9.78 Å². The van der Waals surface area contributed by atoms with E-state index < -0.39 is 11.9 Å². The Morgan fingerprint density at radius 1 is 1.10 bits per heavy atom. The Balaban J connectivity index is 1.54. The zero-order valence-electron chi connectivity index (χ0n) is 18.0. The van der Waals surface area contributed by atoms with E-state index in [-0.39, 0.29) is 0 Å². The molecule has 162 valence electrons. The molecule has 1 unspecified atom stereocenters. The van der Waals surface area contributed by atoms with Crippen LogP contribution in [0.1, 0.15) is 56.3 Å². The van der Waals surface area contributed by atoms with Gasteiger partial charge in [-0.25, -0.2) is 0 Å². The van der Waals surface area contributed by atoms with Crippen LogP contribution in [0.5, 0.6) is 5.75 Å². The summed E-state index contributed by atoms with van der Waals surface area (Å²) in [5.41, 5.74) is 4.13. The fourth-order valence-electron chi connectivity index (χ4n) is 4.23. The van der Waals surface area contributed by atoms with Crippen LogP contribution in [0.3, 0.4) is 0 Å². The Morgan fingerprint density at radius 2 is 1.81 bits per heavy atom. The molecule has 4 rings (SSSR count). The Labute approximate surface area is 183 Å². The van der Waals surface area contributed by atoms with Crippen molar-refractivity contribution in [1.29, 1.82) is 0 Å². The van der Waals surface area contributed by atoms with Crippen LogP contribution < -0.4 is 4.74 Å². The third kappa shape index (κ3) is 5.35. The molecule has 31 heavy (non-hydrogen) atoms. The van der Waals surface area contributed by atoms with E-state index in [1.165, 1.54) is 19.3 Å². The summed E-state index contributed by atoms with van der Waals surface area (Å²) in [4.78, 5) is 11.3. The number of hydrogen-bond donors (Lipinski definition) is 1. The summed E-state index contributed by atoms with van der Waals surface area (Å²) in [7, 11) is 0. The maximum Gasteiger partial charge on any atom is 0.306 e. The SMILES string of the molecule is CC(Cc1cc(-c2ccc(OCc3ccccc3)cc2)n(C2CCCCC2)n1)C(=O)O. The van der Waals surface area contributed by atoms with Crippen LogP contribution in [0, 0.1) is 5.92 Å². The number of aliphatic carboxylic acids is 1. The first-order valence-corrected chi connectivity index (χ1v) is 11.2. The average Bonchev–Trinajstić information content (AvgIpc) is 3.23. The van der Waals surface area contributed by atoms with E-state index in [4.69, 9.17) is 9.84 Å². The molecule has 0 aliphatic heterocycles. The number of benzene rings is 2. The Morgan fingerprint density at radius 3 is 2.48 bits per heavy atom. The largest absolute Gasteiger partial charge is 0.489 e. The van der Waals surface area contributed by atoms with E-state index in [1.807, 2.05) is 30.3 Å². The number of rotatable bonds is 8. The van der Waals surface area contributed by atoms with Crippen LogP contribution in [0.4, 0.5) is 0 Å². The van der Waals surface area contributed by atoms with E-state index in [0.29, 0.717) is 19.1 Å². The Bertz CT molecular complexity index is 989. The molecule has 0 bridgehead atoms. The number of carbonyl (C=O) groups is 1. The standard InChI is InChI=1S/C26H30N2O3/c1-19(26(29)30)16-22-17-25(28(27-22)23-10-6-3-7-11-23)21-12-14-24(15-13-21)31-18-20-8-4-2-5-9-20/h2,4-5,8-9,12-15,17,19,23H,3,6-7,10-11,16,18H2,1H3,(H,29,30). The molecule has 0 amide bonds. The third-order valence-electron chi connectivity index (χ3n) is 6.04. The van der Waals surface area contributed by atoms with E-state index in [0.717, 1.165) is 41.1 Å². The molecule has 0 spiro atoms. The molecule has 5 nitrogen and oxygen atoms in total. The molecule has 1 heterocycles. The third-order valence-corrected chi connectivity index (χ3v) is 6.04. The van der Waals surface area contributed by atoms with Gasteiger partial charge in [0.2, 0.25) is 0 Å². The highest BCUT2D eigenvalue weighted by Gasteiger charge is 2.22. The minimum absolute atomic E-state index is 0.381. The van der Waals surface area contributed by atoms with Crippen molar-refractivity contribution in [2.45, 2.75) is 58.1 Å². The van der Waals surface area contributed by atoms with E-state index >= 15 is 0 Å². The lowest BCUT2D eigenvalue weighted by Gasteiger charge is -2.24. The fourth-order valence-corrected chi connectivity index (χ4v) is 4.23. The highest BCUT2D eigenvalue weighted by molar-refractivity contribution is 5.70. The fraction of sp³-hybridized carbons (Fsp3) is 0.385. The number of nitrogens with zero attached hydrogens (tertiary/aromatic N) is 2. The van der Waals surface area contributed by atoms with Gasteiger partial charge in [-0.1, -0.05) is 56.5 Å². The van der Waals surface area contributed by atoms with E-state index in [1.54, 1.807) is 6.92 Å². The number of carboxylic acids is 1. The van der Waals surface area contributed by atoms with E-state index in [2.05, 4.69) is 35.0 Å². The summed E-state index contributed by atoms with van der Waals surface area (Å²) in [6, 6.07) is 20.7. The van der Waals surface area contributed by atoms with Gasteiger partial charge >= 0.3 is 5.97 Å². The van der Waals surface area contributed by atoms with Gasteiger partial charge in [-0.2, -0.15) is 5.10 Å². The molecule has 5 heteroatoms. The van der Waals surface area contributed by atoms with Crippen molar-refractivity contribution in [3.05, 3.63) is 71.9 Å². The van der Waals surface area contributed by atoms with Gasteiger partial charge in [0.1, 0.15) is 12.4 Å². The topological polar surface area (TPSA) is 64.4 Å². The molecule has 1 N–H and O–H groups in total. The van der Waals surface area contributed by atoms with Crippen molar-refractivity contribution in [2.24, 2.45) is 5.92 Å². The summed E-state index contributed by atoms with van der Waals surface area (Å²) in [6.45, 7) is 2.28. The second-order valence-electron chi connectivity index (χ2n) is 8.50. The zero-order valence-corrected chi connectivity index (χ0v) is 18.0. The predicted octanol–water partition coefficient (Wildman–Crippen LogP) is 5.90. The van der Waals surface area contributed by atoms with Gasteiger partial charge < -0.3 is 9.84 Å². The quantitative estimate of drug-likeness (QED) is 0.495. The van der Waals surface area contributed by atoms with Crippen molar-refractivity contribution in [2.75, 3.05) is 0 Å². The summed E-state index contributed by atoms with van der Waals surface area (Å²) in [5, 5.41) is 14.2. The van der Waals surface area contributed by atoms with Crippen LogP contribution in [0.15, 0.2) is 60.7 Å². The van der Waals surface area contributed by atoms with Crippen LogP contribution in [-0.4, -0.2) is 20.9 Å². The van der Waals surface area contributed by atoms with Crippen LogP contribution >= 0.6 is 0 Å². The van der Waals surface area contributed by atoms with Crippen molar-refractivity contribution < 1.29 is 14.6 Å². The molecule has 3 aromatic rings. The maximum atomic E-state index is 11.3. The second-order valence-corrected chi connectivity index (χ2v) is 8.50. The minimum atomic E-state index is -0.784. The first kappa shape index (κ1) is 21.2. The predicted molar refractivity (Wildman–Crippen MR) is 121 cm³/mol. The molecule has 1 saturated carbocycles. The van der Waals surface area contributed by atoms with Gasteiger partial charge in [-0.3, -0.25) is 9.48 Å². The van der Waals surface area contributed by atoms with Gasteiger partial charge in [0, 0.05) is 12.0 Å². The van der Waals surface area contributed by atoms with Gasteiger partial charge in [0.25, 0.3) is 0 Å². The molecular weight excluding hydrogens is 388 g/mol. The summed E-state index contributed by atoms with van der Waals surface area (Å²) < 4.78 is 8.07. The van der Waals surface area contributed by atoms with Crippen molar-refractivity contribution in [3.63, 3.8) is 0 Å². The number of ether oxygens (including phenoxy) is 1. The molecule has 2 aromatic carbocycles. The number of hydrogen-bond acceptors (Lipinski definition) is 3. The lowest BCUT2D eigenvalue weighted by Crippen LogP contribution is -2.16. The molecule has 1 fully saturated rings. The maximum absolute atomic E-state index is 11.3. The second kappa shape index (κ2) is 9.82. The average molecular weight is 419 g/mol. The van der Waals surface area contributed by atoms with Crippen molar-refractivity contribution >= 4 is 5.97 Å². The van der Waals surface area contributed by atoms with Gasteiger partial charge in [-0.15, -0.1) is 0 Å². The molecule has 1 atom stereocenters. The summed E-state index contributed by atoms with van der Waals surface area (Å²) in [6.07, 6.45) is 6.42. The molecule has 1 aromatic heterocycles. The normalized spacial score (nSPS) is 15.5. The van der Waals surface area contributed by atoms with Gasteiger partial charge in [-0.05, 0) is 48.7 Å². The Hall–Kier alpha value is -3.08. The zero-order chi connectivity index (χ0) is 21.6. The van der Waals surface area contributed by atoms with Gasteiger partial charge in [0.15, 0.2) is 0 Å². The molecule has 0 saturated heterocycles. The number of aromatic nitrogens is 2. The molecule has 0 radical (unpaired) electrons. The van der Waals surface area contributed by atoms with E-state index in [9.17, 15) is 9.90 Å². The number of carboxylic acid groups (broad SMARTS) is 1. The summed E-state index contributed by atoms with van der Waals surface area (Å²) in [5.74, 6) is -0.402. The first-order chi connectivity index (χ1) is 15.1. The molecule has 1 aliphatic carbocycles. The van der Waals surface area contributed by atoms with Crippen LogP contribution in [-0.2, 0) is 17.8 Å². The monoisotopic (exact) mass is 418 g/mol. The van der Waals surface area contributed by atoms with Crippen LogP contribution in [0.25, 0.3) is 11.3 Å². The van der Waals surface area contributed by atoms with Gasteiger partial charge in [0.05, 0.1) is 23.3 Å². The minimum Gasteiger partial charge on any atom is -0.489 e. The lowest BCUT2D eigenvalue weighted by molar-refractivity contribution is -0.141. The molecular formula is C26H30N2O3. The smallest absolute Gasteiger partial charge is 0.306 e. The highest BCUT2D eigenvalue weighted by atomic mass is 16.5. The first-order valence-electron chi connectivity index (χ1n) is 11.2. The molecule has 1 aliphatic rings. The van der Waals surface area contributed by atoms with Crippen molar-refractivity contribution in [3.8, 4) is 17.0 Å². The Kier molecular flexibility index (Phi) is 6.70. The lowest BCUT2D eigenvalue weighted by atomic mass is 9.95. The highest BCUT2D eigenvalue weighted by Crippen LogP contribution is 2.33.